The average Bonchev–Trinajstić information content (AvgIpc) is 2.39. The van der Waals surface area contributed by atoms with Crippen molar-refractivity contribution in [3.8, 4) is 0 Å². The molecule has 19 heavy (non-hydrogen) atoms. The first kappa shape index (κ1) is 13.9. The van der Waals surface area contributed by atoms with E-state index in [1.165, 1.54) is 24.3 Å². The fourth-order valence-electron chi connectivity index (χ4n) is 2.01. The van der Waals surface area contributed by atoms with Crippen molar-refractivity contribution in [2.24, 2.45) is 5.84 Å². The van der Waals surface area contributed by atoms with Crippen molar-refractivity contribution in [3.63, 3.8) is 0 Å². The summed E-state index contributed by atoms with van der Waals surface area (Å²) in [7, 11) is 0. The molecule has 2 aromatic carbocycles. The summed E-state index contributed by atoms with van der Waals surface area (Å²) in [5.74, 6) is 4.61. The molecule has 0 aromatic heterocycles. The lowest BCUT2D eigenvalue weighted by atomic mass is 9.95. The number of nitrogens with two attached hydrogens (primary N) is 1. The summed E-state index contributed by atoms with van der Waals surface area (Å²) in [5.41, 5.74) is 4.48. The molecular weight excluding hydrogens is 270 g/mol. The van der Waals surface area contributed by atoms with Gasteiger partial charge in [0.25, 0.3) is 0 Å². The number of hydrazine groups is 1. The van der Waals surface area contributed by atoms with Crippen molar-refractivity contribution in [2.45, 2.75) is 13.0 Å². The summed E-state index contributed by atoms with van der Waals surface area (Å²) in [6.45, 7) is 1.83. The third-order valence-corrected chi connectivity index (χ3v) is 3.41. The molecule has 1 atom stereocenters. The standard InChI is InChI=1S/C14H13ClF2N2/c1-8-5-6-9(16)7-11(8)14(19-18)10-3-2-4-12(17)13(10)15/h2-7,14,19H,18H2,1H3. The second-order valence-corrected chi connectivity index (χ2v) is 4.62. The Morgan fingerprint density at radius 1 is 1.16 bits per heavy atom. The van der Waals surface area contributed by atoms with E-state index >= 15 is 0 Å². The maximum Gasteiger partial charge on any atom is 0.142 e. The summed E-state index contributed by atoms with van der Waals surface area (Å²) in [5, 5.41) is -0.0193. The van der Waals surface area contributed by atoms with Crippen LogP contribution in [0, 0.1) is 18.6 Å². The maximum atomic E-state index is 13.5. The van der Waals surface area contributed by atoms with Crippen LogP contribution < -0.4 is 11.3 Å². The van der Waals surface area contributed by atoms with Gasteiger partial charge in [0.05, 0.1) is 11.1 Å². The first-order chi connectivity index (χ1) is 9.04. The molecule has 2 rings (SSSR count). The highest BCUT2D eigenvalue weighted by molar-refractivity contribution is 6.31. The minimum Gasteiger partial charge on any atom is -0.271 e. The average molecular weight is 283 g/mol. The lowest BCUT2D eigenvalue weighted by molar-refractivity contribution is 0.593. The first-order valence-electron chi connectivity index (χ1n) is 5.70. The number of nitrogens with one attached hydrogen (secondary N) is 1. The molecule has 1 unspecified atom stereocenters. The van der Waals surface area contributed by atoms with Crippen LogP contribution in [0.1, 0.15) is 22.7 Å². The molecule has 0 bridgehead atoms. The monoisotopic (exact) mass is 282 g/mol. The van der Waals surface area contributed by atoms with E-state index in [2.05, 4.69) is 5.43 Å². The molecule has 0 aliphatic rings. The Bertz CT molecular complexity index is 600. The van der Waals surface area contributed by atoms with E-state index < -0.39 is 11.9 Å². The Labute approximate surface area is 115 Å². The Morgan fingerprint density at radius 2 is 1.89 bits per heavy atom. The topological polar surface area (TPSA) is 38.0 Å². The third kappa shape index (κ3) is 2.76. The molecule has 0 aliphatic heterocycles. The van der Waals surface area contributed by atoms with Gasteiger partial charge in [0.15, 0.2) is 0 Å². The molecule has 0 heterocycles. The van der Waals surface area contributed by atoms with Crippen LogP contribution in [0.3, 0.4) is 0 Å². The highest BCUT2D eigenvalue weighted by atomic mass is 35.5. The Morgan fingerprint density at radius 3 is 2.58 bits per heavy atom. The van der Waals surface area contributed by atoms with Gasteiger partial charge in [-0.05, 0) is 41.8 Å². The predicted octanol–water partition coefficient (Wildman–Crippen LogP) is 3.48. The van der Waals surface area contributed by atoms with E-state index in [4.69, 9.17) is 17.4 Å². The van der Waals surface area contributed by atoms with Crippen LogP contribution in [0.5, 0.6) is 0 Å². The van der Waals surface area contributed by atoms with Crippen LogP contribution in [-0.2, 0) is 0 Å². The molecule has 3 N–H and O–H groups in total. The number of aryl methyl sites for hydroxylation is 1. The number of hydrogen-bond acceptors (Lipinski definition) is 2. The van der Waals surface area contributed by atoms with E-state index in [0.717, 1.165) is 5.56 Å². The largest absolute Gasteiger partial charge is 0.271 e. The highest BCUT2D eigenvalue weighted by Crippen LogP contribution is 2.31. The minimum atomic E-state index is -0.570. The lowest BCUT2D eigenvalue weighted by Crippen LogP contribution is -2.29. The van der Waals surface area contributed by atoms with E-state index in [-0.39, 0.29) is 10.8 Å². The molecule has 0 saturated carbocycles. The zero-order valence-corrected chi connectivity index (χ0v) is 11.0. The maximum absolute atomic E-state index is 13.5. The third-order valence-electron chi connectivity index (χ3n) is 3.01. The molecular formula is C14H13ClF2N2. The minimum absolute atomic E-state index is 0.0193. The van der Waals surface area contributed by atoms with Gasteiger partial charge in [-0.2, -0.15) is 0 Å². The highest BCUT2D eigenvalue weighted by Gasteiger charge is 2.19. The quantitative estimate of drug-likeness (QED) is 0.668. The molecule has 0 radical (unpaired) electrons. The van der Waals surface area contributed by atoms with Crippen LogP contribution in [0.4, 0.5) is 8.78 Å². The van der Waals surface area contributed by atoms with Crippen molar-refractivity contribution < 1.29 is 8.78 Å². The van der Waals surface area contributed by atoms with Crippen LogP contribution >= 0.6 is 11.6 Å². The number of hydrogen-bond donors (Lipinski definition) is 2. The van der Waals surface area contributed by atoms with Crippen LogP contribution in [0.15, 0.2) is 36.4 Å². The predicted molar refractivity (Wildman–Crippen MR) is 71.7 cm³/mol. The molecule has 0 amide bonds. The summed E-state index contributed by atoms with van der Waals surface area (Å²) < 4.78 is 26.9. The van der Waals surface area contributed by atoms with Crippen molar-refractivity contribution in [1.82, 2.24) is 5.43 Å². The van der Waals surface area contributed by atoms with Gasteiger partial charge >= 0.3 is 0 Å². The van der Waals surface area contributed by atoms with E-state index in [1.807, 2.05) is 6.92 Å². The molecule has 100 valence electrons. The second-order valence-electron chi connectivity index (χ2n) is 4.24. The SMILES string of the molecule is Cc1ccc(F)cc1C(NN)c1cccc(F)c1Cl. The molecule has 0 spiro atoms. The Hall–Kier alpha value is -1.49. The van der Waals surface area contributed by atoms with Gasteiger partial charge in [-0.3, -0.25) is 5.84 Å². The molecule has 2 nitrogen and oxygen atoms in total. The molecule has 0 aliphatic carbocycles. The first-order valence-corrected chi connectivity index (χ1v) is 6.08. The number of halogens is 3. The van der Waals surface area contributed by atoms with Crippen molar-refractivity contribution in [2.75, 3.05) is 0 Å². The summed E-state index contributed by atoms with van der Waals surface area (Å²) in [6, 6.07) is 8.25. The summed E-state index contributed by atoms with van der Waals surface area (Å²) in [6.07, 6.45) is 0. The van der Waals surface area contributed by atoms with Crippen LogP contribution in [0.25, 0.3) is 0 Å². The normalized spacial score (nSPS) is 12.5. The van der Waals surface area contributed by atoms with Gasteiger partial charge in [-0.1, -0.05) is 29.8 Å². The Kier molecular flexibility index (Phi) is 4.14. The van der Waals surface area contributed by atoms with Gasteiger partial charge in [-0.25, -0.2) is 14.2 Å². The fraction of sp³-hybridized carbons (Fsp3) is 0.143. The van der Waals surface area contributed by atoms with E-state index in [0.29, 0.717) is 11.1 Å². The van der Waals surface area contributed by atoms with Crippen LogP contribution in [0.2, 0.25) is 5.02 Å². The summed E-state index contributed by atoms with van der Waals surface area (Å²) in [4.78, 5) is 0. The van der Waals surface area contributed by atoms with Gasteiger partial charge in [0.1, 0.15) is 11.6 Å². The number of rotatable bonds is 3. The van der Waals surface area contributed by atoms with E-state index in [1.54, 1.807) is 12.1 Å². The molecule has 0 saturated heterocycles. The van der Waals surface area contributed by atoms with Crippen molar-refractivity contribution in [3.05, 3.63) is 69.7 Å². The van der Waals surface area contributed by atoms with Gasteiger partial charge in [0, 0.05) is 0 Å². The molecule has 2 aromatic rings. The second kappa shape index (κ2) is 5.65. The zero-order valence-electron chi connectivity index (χ0n) is 10.3. The van der Waals surface area contributed by atoms with E-state index in [9.17, 15) is 8.78 Å². The smallest absolute Gasteiger partial charge is 0.142 e. The van der Waals surface area contributed by atoms with Crippen molar-refractivity contribution in [1.29, 1.82) is 0 Å². The fourth-order valence-corrected chi connectivity index (χ4v) is 2.25. The van der Waals surface area contributed by atoms with Crippen LogP contribution in [-0.4, -0.2) is 0 Å². The molecule has 0 fully saturated rings. The van der Waals surface area contributed by atoms with Gasteiger partial charge in [-0.15, -0.1) is 0 Å². The zero-order chi connectivity index (χ0) is 14.0. The Balaban J connectivity index is 2.56. The molecule has 5 heteroatoms. The summed E-state index contributed by atoms with van der Waals surface area (Å²) >= 11 is 5.94. The van der Waals surface area contributed by atoms with Crippen molar-refractivity contribution >= 4 is 11.6 Å². The number of benzene rings is 2. The lowest BCUT2D eigenvalue weighted by Gasteiger charge is -2.20. The van der Waals surface area contributed by atoms with Gasteiger partial charge < -0.3 is 0 Å². The van der Waals surface area contributed by atoms with Gasteiger partial charge in [0.2, 0.25) is 0 Å².